The quantitative estimate of drug-likeness (QED) is 0.411. The van der Waals surface area contributed by atoms with Crippen molar-refractivity contribution in [2.45, 2.75) is 26.4 Å². The number of rotatable bonds is 4. The molecule has 8 nitrogen and oxygen atoms in total. The molecule has 8 heteroatoms. The van der Waals surface area contributed by atoms with Crippen LogP contribution in [0.5, 0.6) is 5.75 Å². The predicted octanol–water partition coefficient (Wildman–Crippen LogP) is 2.87. The van der Waals surface area contributed by atoms with Crippen LogP contribution in [-0.4, -0.2) is 43.7 Å². The summed E-state index contributed by atoms with van der Waals surface area (Å²) in [5.41, 5.74) is 7.24. The number of fused-ring (bicyclic) bond motifs is 5. The lowest BCUT2D eigenvalue weighted by molar-refractivity contribution is 0.180. The smallest absolute Gasteiger partial charge is 0.135 e. The zero-order valence-electron chi connectivity index (χ0n) is 18.2. The maximum absolute atomic E-state index is 5.45. The van der Waals surface area contributed by atoms with Crippen LogP contribution in [0.2, 0.25) is 0 Å². The Hall–Kier alpha value is -3.96. The lowest BCUT2D eigenvalue weighted by atomic mass is 10.1. The molecule has 0 radical (unpaired) electrons. The Kier molecular flexibility index (Phi) is 5.17. The van der Waals surface area contributed by atoms with Crippen LogP contribution in [-0.2, 0) is 24.2 Å². The van der Waals surface area contributed by atoms with E-state index in [9.17, 15) is 0 Å². The molecule has 1 aliphatic rings. The maximum atomic E-state index is 5.45. The van der Waals surface area contributed by atoms with Crippen LogP contribution >= 0.6 is 0 Å². The summed E-state index contributed by atoms with van der Waals surface area (Å²) in [5, 5.41) is 8.77. The van der Waals surface area contributed by atoms with Crippen molar-refractivity contribution < 1.29 is 9.47 Å². The third kappa shape index (κ3) is 3.43. The van der Waals surface area contributed by atoms with Gasteiger partial charge < -0.3 is 9.47 Å². The first-order valence-electron chi connectivity index (χ1n) is 10.3. The Morgan fingerprint density at radius 3 is 2.78 bits per heavy atom. The fourth-order valence-electron chi connectivity index (χ4n) is 3.85. The van der Waals surface area contributed by atoms with Crippen molar-refractivity contribution in [2.24, 2.45) is 0 Å². The number of pyridine rings is 1. The zero-order chi connectivity index (χ0) is 22.1. The molecular weight excluding hydrogens is 404 g/mol. The summed E-state index contributed by atoms with van der Waals surface area (Å²) in [4.78, 5) is 8.91. The number of ether oxygens (including phenoxy) is 2. The average molecular weight is 426 g/mol. The van der Waals surface area contributed by atoms with Gasteiger partial charge in [-0.15, -0.1) is 5.10 Å². The summed E-state index contributed by atoms with van der Waals surface area (Å²) < 4.78 is 14.7. The normalized spacial score (nSPS) is 11.6. The molecule has 0 aliphatic carbocycles. The second-order valence-corrected chi connectivity index (χ2v) is 7.45. The van der Waals surface area contributed by atoms with E-state index in [0.717, 1.165) is 51.8 Å². The summed E-state index contributed by atoms with van der Waals surface area (Å²) in [6, 6.07) is 7.93. The van der Waals surface area contributed by atoms with Gasteiger partial charge >= 0.3 is 0 Å². The number of imidazole rings is 1. The van der Waals surface area contributed by atoms with Crippen LogP contribution in [0, 0.1) is 11.8 Å². The summed E-state index contributed by atoms with van der Waals surface area (Å²) in [5.74, 6) is 7.21. The largest absolute Gasteiger partial charge is 0.497 e. The molecule has 0 N–H and O–H groups in total. The van der Waals surface area contributed by atoms with Crippen molar-refractivity contribution in [3.63, 3.8) is 0 Å². The van der Waals surface area contributed by atoms with E-state index in [4.69, 9.17) is 9.47 Å². The molecule has 3 aromatic heterocycles. The molecule has 5 rings (SSSR count). The molecule has 1 aromatic carbocycles. The number of aryl methyl sites for hydroxylation is 1. The zero-order valence-corrected chi connectivity index (χ0v) is 18.2. The molecule has 0 fully saturated rings. The molecule has 160 valence electrons. The Balaban J connectivity index is 1.66. The van der Waals surface area contributed by atoms with E-state index in [2.05, 4.69) is 49.7 Å². The summed E-state index contributed by atoms with van der Waals surface area (Å²) in [6.07, 6.45) is 6.94. The van der Waals surface area contributed by atoms with Gasteiger partial charge in [-0.25, -0.2) is 9.67 Å². The fraction of sp³-hybridized carbons (Fsp3) is 0.250. The van der Waals surface area contributed by atoms with Crippen molar-refractivity contribution in [3.8, 4) is 29.0 Å². The van der Waals surface area contributed by atoms with Crippen molar-refractivity contribution in [2.75, 3.05) is 14.2 Å². The molecule has 0 amide bonds. The monoisotopic (exact) mass is 426 g/mol. The molecule has 0 unspecified atom stereocenters. The number of hydrogen-bond acceptors (Lipinski definition) is 6. The average Bonchev–Trinajstić information content (AvgIpc) is 3.38. The molecule has 4 heterocycles. The Labute approximate surface area is 185 Å². The summed E-state index contributed by atoms with van der Waals surface area (Å²) in [6.45, 7) is 2.48. The first kappa shape index (κ1) is 20.0. The Morgan fingerprint density at radius 1 is 1.06 bits per heavy atom. The van der Waals surface area contributed by atoms with Gasteiger partial charge in [-0.1, -0.05) is 18.1 Å². The molecule has 0 saturated carbocycles. The standard InChI is InChI=1S/C24H22N6O2/c1-4-16-9-17(13-25-12-16)5-7-19-22-11-23-20(14-31-2)27-28-30(23)24-10-18(32-3)6-8-21(24)29(22)15-26-19/h6,8-10,12-13,15H,4,11,14H2,1-3H3. The first-order chi connectivity index (χ1) is 15.7. The van der Waals surface area contributed by atoms with Gasteiger partial charge in [0.05, 0.1) is 36.5 Å². The van der Waals surface area contributed by atoms with Gasteiger partial charge in [0.2, 0.25) is 0 Å². The number of methoxy groups -OCH3 is 2. The summed E-state index contributed by atoms with van der Waals surface area (Å²) >= 11 is 0. The predicted molar refractivity (Wildman–Crippen MR) is 118 cm³/mol. The molecule has 0 atom stereocenters. The van der Waals surface area contributed by atoms with Crippen molar-refractivity contribution in [3.05, 3.63) is 76.9 Å². The lowest BCUT2D eigenvalue weighted by Gasteiger charge is -2.11. The maximum Gasteiger partial charge on any atom is 0.135 e. The van der Waals surface area contributed by atoms with E-state index < -0.39 is 0 Å². The molecular formula is C24H22N6O2. The second kappa shape index (κ2) is 8.29. The van der Waals surface area contributed by atoms with E-state index in [1.165, 1.54) is 0 Å². The highest BCUT2D eigenvalue weighted by atomic mass is 16.5. The minimum atomic E-state index is 0.374. The van der Waals surface area contributed by atoms with Gasteiger partial charge in [-0.05, 0) is 36.1 Å². The SMILES string of the molecule is CCc1cncc(C#Cc2ncn3c2Cc2c(COC)nnn2-c2cc(OC)ccc2-3)c1. The molecule has 4 aromatic rings. The van der Waals surface area contributed by atoms with E-state index >= 15 is 0 Å². The Bertz CT molecular complexity index is 1360. The number of hydrogen-bond donors (Lipinski definition) is 0. The first-order valence-corrected chi connectivity index (χ1v) is 10.3. The van der Waals surface area contributed by atoms with Crippen LogP contribution in [0.15, 0.2) is 43.0 Å². The van der Waals surface area contributed by atoms with Gasteiger partial charge in [0.15, 0.2) is 0 Å². The Morgan fingerprint density at radius 2 is 1.97 bits per heavy atom. The molecule has 0 saturated heterocycles. The third-order valence-electron chi connectivity index (χ3n) is 5.52. The summed E-state index contributed by atoms with van der Waals surface area (Å²) in [7, 11) is 3.30. The molecule has 0 bridgehead atoms. The van der Waals surface area contributed by atoms with Gasteiger partial charge in [-0.3, -0.25) is 9.55 Å². The molecule has 0 spiro atoms. The molecule has 32 heavy (non-hydrogen) atoms. The number of benzene rings is 1. The lowest BCUT2D eigenvalue weighted by Crippen LogP contribution is -2.04. The highest BCUT2D eigenvalue weighted by Crippen LogP contribution is 2.32. The minimum absolute atomic E-state index is 0.374. The van der Waals surface area contributed by atoms with Crippen LogP contribution in [0.4, 0.5) is 0 Å². The number of nitrogens with zero attached hydrogens (tertiary/aromatic N) is 6. The number of aromatic nitrogens is 6. The second-order valence-electron chi connectivity index (χ2n) is 7.45. The van der Waals surface area contributed by atoms with Gasteiger partial charge in [0.25, 0.3) is 0 Å². The van der Waals surface area contributed by atoms with Crippen LogP contribution < -0.4 is 4.74 Å². The fourth-order valence-corrected chi connectivity index (χ4v) is 3.85. The van der Waals surface area contributed by atoms with E-state index in [0.29, 0.717) is 18.7 Å². The van der Waals surface area contributed by atoms with Crippen LogP contribution in [0.1, 0.15) is 40.8 Å². The van der Waals surface area contributed by atoms with Gasteiger partial charge in [0.1, 0.15) is 23.5 Å². The highest BCUT2D eigenvalue weighted by molar-refractivity contribution is 5.60. The van der Waals surface area contributed by atoms with E-state index in [-0.39, 0.29) is 0 Å². The topological polar surface area (TPSA) is 79.9 Å². The van der Waals surface area contributed by atoms with E-state index in [1.807, 2.05) is 29.1 Å². The third-order valence-corrected chi connectivity index (χ3v) is 5.52. The van der Waals surface area contributed by atoms with Gasteiger partial charge in [-0.2, -0.15) is 0 Å². The molecule has 1 aliphatic heterocycles. The van der Waals surface area contributed by atoms with Crippen LogP contribution in [0.3, 0.4) is 0 Å². The van der Waals surface area contributed by atoms with Gasteiger partial charge in [0, 0.05) is 37.6 Å². The van der Waals surface area contributed by atoms with Crippen molar-refractivity contribution in [1.29, 1.82) is 0 Å². The van der Waals surface area contributed by atoms with Crippen LogP contribution in [0.25, 0.3) is 11.4 Å². The van der Waals surface area contributed by atoms with Crippen molar-refractivity contribution >= 4 is 0 Å². The van der Waals surface area contributed by atoms with Crippen molar-refractivity contribution in [1.82, 2.24) is 29.5 Å². The highest BCUT2D eigenvalue weighted by Gasteiger charge is 2.26. The minimum Gasteiger partial charge on any atom is -0.497 e. The van der Waals surface area contributed by atoms with E-state index in [1.54, 1.807) is 26.7 Å².